The topological polar surface area (TPSA) is 77.0 Å². The van der Waals surface area contributed by atoms with Crippen LogP contribution in [0.3, 0.4) is 0 Å². The third-order valence-electron chi connectivity index (χ3n) is 4.60. The van der Waals surface area contributed by atoms with Crippen LogP contribution in [0.15, 0.2) is 48.5 Å². The molecule has 0 aromatic heterocycles. The Labute approximate surface area is 165 Å². The van der Waals surface area contributed by atoms with Gasteiger partial charge in [-0.15, -0.1) is 0 Å². The summed E-state index contributed by atoms with van der Waals surface area (Å²) in [5.74, 6) is 0.770. The lowest BCUT2D eigenvalue weighted by molar-refractivity contribution is -0.153. The second kappa shape index (κ2) is 9.57. The van der Waals surface area contributed by atoms with E-state index in [1.54, 1.807) is 6.92 Å². The standard InChI is InChI=1S/C22H27NO5/c1-3-26-22(25)21-14-27-19-10-9-16(12-20(19)28-21)11-15(2)23-13-18(24)17-7-5-4-6-8-17/h4-10,12,15,18,21,23-24H,3,11,13-14H2,1-2H3. The molecule has 0 radical (unpaired) electrons. The molecule has 28 heavy (non-hydrogen) atoms. The summed E-state index contributed by atoms with van der Waals surface area (Å²) in [5.41, 5.74) is 1.95. The van der Waals surface area contributed by atoms with E-state index < -0.39 is 18.2 Å². The van der Waals surface area contributed by atoms with Gasteiger partial charge in [0, 0.05) is 12.6 Å². The maximum Gasteiger partial charge on any atom is 0.350 e. The zero-order valence-electron chi connectivity index (χ0n) is 16.3. The Hall–Kier alpha value is -2.57. The lowest BCUT2D eigenvalue weighted by Crippen LogP contribution is -2.38. The van der Waals surface area contributed by atoms with Crippen LogP contribution in [0, 0.1) is 0 Å². The van der Waals surface area contributed by atoms with Crippen LogP contribution < -0.4 is 14.8 Å². The zero-order chi connectivity index (χ0) is 19.9. The summed E-state index contributed by atoms with van der Waals surface area (Å²) >= 11 is 0. The lowest BCUT2D eigenvalue weighted by Gasteiger charge is -2.25. The first-order valence-corrected chi connectivity index (χ1v) is 9.62. The van der Waals surface area contributed by atoms with E-state index in [-0.39, 0.29) is 12.6 Å². The Balaban J connectivity index is 1.55. The lowest BCUT2D eigenvalue weighted by atomic mass is 10.0. The third-order valence-corrected chi connectivity index (χ3v) is 4.60. The molecule has 2 aromatic rings. The van der Waals surface area contributed by atoms with Gasteiger partial charge in [0.2, 0.25) is 6.10 Å². The normalized spacial score (nSPS) is 17.6. The number of hydrogen-bond donors (Lipinski definition) is 2. The van der Waals surface area contributed by atoms with Gasteiger partial charge in [-0.05, 0) is 43.5 Å². The van der Waals surface area contributed by atoms with Crippen LogP contribution in [-0.4, -0.2) is 43.0 Å². The van der Waals surface area contributed by atoms with Crippen LogP contribution in [0.25, 0.3) is 0 Å². The van der Waals surface area contributed by atoms with Gasteiger partial charge in [0.25, 0.3) is 0 Å². The van der Waals surface area contributed by atoms with E-state index in [1.807, 2.05) is 48.5 Å². The second-order valence-corrected chi connectivity index (χ2v) is 6.89. The number of carbonyl (C=O) groups is 1. The highest BCUT2D eigenvalue weighted by molar-refractivity contribution is 5.76. The molecule has 0 saturated carbocycles. The molecule has 1 aliphatic rings. The number of esters is 1. The Bertz CT molecular complexity index is 780. The molecular formula is C22H27NO5. The van der Waals surface area contributed by atoms with Crippen molar-refractivity contribution in [2.75, 3.05) is 19.8 Å². The molecule has 0 spiro atoms. The molecule has 3 rings (SSSR count). The molecule has 0 fully saturated rings. The minimum absolute atomic E-state index is 0.153. The summed E-state index contributed by atoms with van der Waals surface area (Å²) < 4.78 is 16.4. The van der Waals surface area contributed by atoms with Crippen LogP contribution in [0.4, 0.5) is 0 Å². The van der Waals surface area contributed by atoms with E-state index in [4.69, 9.17) is 14.2 Å². The molecule has 2 aromatic carbocycles. The van der Waals surface area contributed by atoms with Crippen LogP contribution in [0.2, 0.25) is 0 Å². The Morgan fingerprint density at radius 3 is 2.79 bits per heavy atom. The SMILES string of the molecule is CCOC(=O)C1COc2ccc(CC(C)NCC(O)c3ccccc3)cc2O1. The molecule has 0 amide bonds. The van der Waals surface area contributed by atoms with Gasteiger partial charge in [-0.2, -0.15) is 0 Å². The number of fused-ring (bicyclic) bond motifs is 1. The van der Waals surface area contributed by atoms with Gasteiger partial charge in [-0.1, -0.05) is 36.4 Å². The van der Waals surface area contributed by atoms with Gasteiger partial charge in [0.05, 0.1) is 12.7 Å². The summed E-state index contributed by atoms with van der Waals surface area (Å²) in [7, 11) is 0. The molecule has 6 heteroatoms. The van der Waals surface area contributed by atoms with E-state index in [9.17, 15) is 9.90 Å². The zero-order valence-corrected chi connectivity index (χ0v) is 16.3. The number of benzene rings is 2. The monoisotopic (exact) mass is 385 g/mol. The van der Waals surface area contributed by atoms with Gasteiger partial charge in [-0.3, -0.25) is 0 Å². The quantitative estimate of drug-likeness (QED) is 0.681. The van der Waals surface area contributed by atoms with Gasteiger partial charge in [0.1, 0.15) is 6.61 Å². The average molecular weight is 385 g/mol. The number of carbonyl (C=O) groups excluding carboxylic acids is 1. The highest BCUT2D eigenvalue weighted by Gasteiger charge is 2.28. The van der Waals surface area contributed by atoms with Gasteiger partial charge in [-0.25, -0.2) is 4.79 Å². The molecule has 0 aliphatic carbocycles. The predicted molar refractivity (Wildman–Crippen MR) is 106 cm³/mol. The molecule has 6 nitrogen and oxygen atoms in total. The van der Waals surface area contributed by atoms with Crippen molar-refractivity contribution in [3.05, 3.63) is 59.7 Å². The molecule has 1 aliphatic heterocycles. The minimum Gasteiger partial charge on any atom is -0.485 e. The number of aliphatic hydroxyl groups is 1. The van der Waals surface area contributed by atoms with E-state index >= 15 is 0 Å². The summed E-state index contributed by atoms with van der Waals surface area (Å²) in [5, 5.41) is 13.6. The third kappa shape index (κ3) is 5.24. The first-order valence-electron chi connectivity index (χ1n) is 9.62. The van der Waals surface area contributed by atoms with Crippen molar-refractivity contribution in [1.29, 1.82) is 0 Å². The van der Waals surface area contributed by atoms with Crippen molar-refractivity contribution in [3.63, 3.8) is 0 Å². The maximum absolute atomic E-state index is 11.9. The summed E-state index contributed by atoms with van der Waals surface area (Å²) in [6, 6.07) is 15.5. The first-order chi connectivity index (χ1) is 13.6. The number of hydrogen-bond acceptors (Lipinski definition) is 6. The number of ether oxygens (including phenoxy) is 3. The maximum atomic E-state index is 11.9. The largest absolute Gasteiger partial charge is 0.485 e. The molecule has 0 bridgehead atoms. The minimum atomic E-state index is -0.737. The van der Waals surface area contributed by atoms with Crippen LogP contribution in [0.1, 0.15) is 31.1 Å². The van der Waals surface area contributed by atoms with E-state index in [0.717, 1.165) is 17.5 Å². The van der Waals surface area contributed by atoms with Crippen molar-refractivity contribution in [2.24, 2.45) is 0 Å². The number of nitrogens with one attached hydrogen (secondary N) is 1. The molecule has 3 unspecified atom stereocenters. The molecular weight excluding hydrogens is 358 g/mol. The van der Waals surface area contributed by atoms with Gasteiger partial charge >= 0.3 is 5.97 Å². The van der Waals surface area contributed by atoms with Gasteiger partial charge in [0.15, 0.2) is 11.5 Å². The predicted octanol–water partition coefficient (Wildman–Crippen LogP) is 2.64. The fourth-order valence-electron chi connectivity index (χ4n) is 3.13. The first kappa shape index (κ1) is 20.2. The summed E-state index contributed by atoms with van der Waals surface area (Å²) in [6.45, 7) is 4.76. The Kier molecular flexibility index (Phi) is 6.90. The molecule has 3 atom stereocenters. The van der Waals surface area contributed by atoms with E-state index in [1.165, 1.54) is 0 Å². The Morgan fingerprint density at radius 1 is 1.25 bits per heavy atom. The van der Waals surface area contributed by atoms with Crippen molar-refractivity contribution in [3.8, 4) is 11.5 Å². The number of rotatable bonds is 8. The fourth-order valence-corrected chi connectivity index (χ4v) is 3.13. The van der Waals surface area contributed by atoms with Crippen molar-refractivity contribution >= 4 is 5.97 Å². The van der Waals surface area contributed by atoms with E-state index in [0.29, 0.717) is 24.7 Å². The summed E-state index contributed by atoms with van der Waals surface area (Å²) in [4.78, 5) is 11.9. The van der Waals surface area contributed by atoms with Crippen LogP contribution >= 0.6 is 0 Å². The van der Waals surface area contributed by atoms with Crippen LogP contribution in [0.5, 0.6) is 11.5 Å². The van der Waals surface area contributed by atoms with Gasteiger partial charge < -0.3 is 24.6 Å². The fraction of sp³-hybridized carbons (Fsp3) is 0.409. The molecule has 0 saturated heterocycles. The van der Waals surface area contributed by atoms with Crippen molar-refractivity contribution < 1.29 is 24.1 Å². The van der Waals surface area contributed by atoms with Crippen LogP contribution in [-0.2, 0) is 16.0 Å². The average Bonchev–Trinajstić information content (AvgIpc) is 2.72. The highest BCUT2D eigenvalue weighted by atomic mass is 16.6. The smallest absolute Gasteiger partial charge is 0.350 e. The van der Waals surface area contributed by atoms with Crippen molar-refractivity contribution in [2.45, 2.75) is 38.5 Å². The number of aliphatic hydroxyl groups excluding tert-OH is 1. The molecule has 2 N–H and O–H groups in total. The Morgan fingerprint density at radius 2 is 2.04 bits per heavy atom. The molecule has 1 heterocycles. The second-order valence-electron chi connectivity index (χ2n) is 6.89. The molecule has 150 valence electrons. The highest BCUT2D eigenvalue weighted by Crippen LogP contribution is 2.33. The van der Waals surface area contributed by atoms with E-state index in [2.05, 4.69) is 12.2 Å². The summed E-state index contributed by atoms with van der Waals surface area (Å²) in [6.07, 6.45) is -0.532. The van der Waals surface area contributed by atoms with Crippen molar-refractivity contribution in [1.82, 2.24) is 5.32 Å².